The maximum Gasteiger partial charge on any atom is 0.151 e. The van der Waals surface area contributed by atoms with Crippen LogP contribution < -0.4 is 5.73 Å². The quantitative estimate of drug-likeness (QED) is 0.692. The lowest BCUT2D eigenvalue weighted by Gasteiger charge is -1.95. The van der Waals surface area contributed by atoms with Gasteiger partial charge in [0.25, 0.3) is 0 Å². The average molecular weight is 150 g/mol. The SMILES string of the molecule is CCc1ccc([C@H](N)C#N)o1. The molecule has 0 fully saturated rings. The third-order valence-corrected chi connectivity index (χ3v) is 1.48. The number of furan rings is 1. The minimum Gasteiger partial charge on any atom is -0.463 e. The van der Waals surface area contributed by atoms with E-state index in [0.717, 1.165) is 12.2 Å². The van der Waals surface area contributed by atoms with E-state index in [0.29, 0.717) is 5.76 Å². The monoisotopic (exact) mass is 150 g/mol. The van der Waals surface area contributed by atoms with Crippen LogP contribution in [0.15, 0.2) is 16.5 Å². The fraction of sp³-hybridized carbons (Fsp3) is 0.375. The maximum atomic E-state index is 8.44. The van der Waals surface area contributed by atoms with Crippen molar-refractivity contribution in [2.45, 2.75) is 19.4 Å². The molecule has 0 aliphatic rings. The lowest BCUT2D eigenvalue weighted by molar-refractivity contribution is 0.459. The van der Waals surface area contributed by atoms with Crippen molar-refractivity contribution in [3.8, 4) is 6.07 Å². The molecule has 3 nitrogen and oxygen atoms in total. The second-order valence-electron chi connectivity index (χ2n) is 2.26. The van der Waals surface area contributed by atoms with Gasteiger partial charge in [-0.25, -0.2) is 0 Å². The molecule has 11 heavy (non-hydrogen) atoms. The van der Waals surface area contributed by atoms with Crippen molar-refractivity contribution in [2.24, 2.45) is 5.73 Å². The van der Waals surface area contributed by atoms with E-state index < -0.39 is 6.04 Å². The van der Waals surface area contributed by atoms with E-state index in [4.69, 9.17) is 15.4 Å². The summed E-state index contributed by atoms with van der Waals surface area (Å²) in [7, 11) is 0. The number of nitriles is 1. The third kappa shape index (κ3) is 1.60. The molecule has 0 unspecified atom stereocenters. The Morgan fingerprint density at radius 1 is 1.73 bits per heavy atom. The number of aryl methyl sites for hydroxylation is 1. The second kappa shape index (κ2) is 3.22. The van der Waals surface area contributed by atoms with Gasteiger partial charge in [0.05, 0.1) is 6.07 Å². The summed E-state index contributed by atoms with van der Waals surface area (Å²) in [5.74, 6) is 1.41. The molecule has 58 valence electrons. The number of hydrogen-bond acceptors (Lipinski definition) is 3. The number of rotatable bonds is 2. The van der Waals surface area contributed by atoms with E-state index in [1.165, 1.54) is 0 Å². The lowest BCUT2D eigenvalue weighted by atomic mass is 10.3. The van der Waals surface area contributed by atoms with Gasteiger partial charge in [0, 0.05) is 6.42 Å². The Labute approximate surface area is 65.4 Å². The fourth-order valence-electron chi connectivity index (χ4n) is 0.815. The summed E-state index contributed by atoms with van der Waals surface area (Å²) in [5, 5.41) is 8.44. The first kappa shape index (κ1) is 7.83. The highest BCUT2D eigenvalue weighted by atomic mass is 16.3. The van der Waals surface area contributed by atoms with Gasteiger partial charge in [0.2, 0.25) is 0 Å². The molecule has 0 aliphatic carbocycles. The molecule has 1 aromatic rings. The van der Waals surface area contributed by atoms with Crippen molar-refractivity contribution in [1.29, 1.82) is 5.26 Å². The Bertz CT molecular complexity index is 272. The summed E-state index contributed by atoms with van der Waals surface area (Å²) in [6.07, 6.45) is 0.831. The van der Waals surface area contributed by atoms with E-state index in [9.17, 15) is 0 Å². The van der Waals surface area contributed by atoms with Crippen molar-refractivity contribution in [1.82, 2.24) is 0 Å². The van der Waals surface area contributed by atoms with Crippen molar-refractivity contribution < 1.29 is 4.42 Å². The van der Waals surface area contributed by atoms with E-state index in [1.807, 2.05) is 19.1 Å². The summed E-state index contributed by atoms with van der Waals surface area (Å²) < 4.78 is 5.24. The molecule has 0 amide bonds. The van der Waals surface area contributed by atoms with Crippen LogP contribution >= 0.6 is 0 Å². The van der Waals surface area contributed by atoms with Crippen LogP contribution in [0, 0.1) is 11.3 Å². The fourth-order valence-corrected chi connectivity index (χ4v) is 0.815. The molecule has 3 heteroatoms. The van der Waals surface area contributed by atoms with Crippen molar-refractivity contribution in [3.05, 3.63) is 23.7 Å². The largest absolute Gasteiger partial charge is 0.463 e. The van der Waals surface area contributed by atoms with Crippen LogP contribution in [0.2, 0.25) is 0 Å². The molecule has 1 atom stereocenters. The Balaban J connectivity index is 2.82. The minimum atomic E-state index is -0.629. The number of hydrogen-bond donors (Lipinski definition) is 1. The zero-order valence-electron chi connectivity index (χ0n) is 6.37. The second-order valence-corrected chi connectivity index (χ2v) is 2.26. The maximum absolute atomic E-state index is 8.44. The summed E-state index contributed by atoms with van der Waals surface area (Å²) >= 11 is 0. The van der Waals surface area contributed by atoms with Crippen molar-refractivity contribution >= 4 is 0 Å². The highest BCUT2D eigenvalue weighted by Crippen LogP contribution is 2.13. The van der Waals surface area contributed by atoms with Gasteiger partial charge in [-0.2, -0.15) is 5.26 Å². The minimum absolute atomic E-state index is 0.546. The summed E-state index contributed by atoms with van der Waals surface area (Å²) in [5.41, 5.74) is 5.41. The molecule has 2 N–H and O–H groups in total. The Hall–Kier alpha value is -1.27. The normalized spacial score (nSPS) is 12.5. The molecule has 1 rings (SSSR count). The van der Waals surface area contributed by atoms with Gasteiger partial charge in [-0.05, 0) is 12.1 Å². The molecule has 0 spiro atoms. The van der Waals surface area contributed by atoms with E-state index in [1.54, 1.807) is 6.07 Å². The predicted octanol–water partition coefficient (Wildman–Crippen LogP) is 1.37. The number of nitrogens with two attached hydrogens (primary N) is 1. The highest BCUT2D eigenvalue weighted by Gasteiger charge is 2.07. The average Bonchev–Trinajstić information content (AvgIpc) is 2.50. The molecule has 0 aliphatic heterocycles. The van der Waals surface area contributed by atoms with Crippen LogP contribution in [0.1, 0.15) is 24.5 Å². The molecule has 0 saturated heterocycles. The first-order chi connectivity index (χ1) is 5.27. The third-order valence-electron chi connectivity index (χ3n) is 1.48. The lowest BCUT2D eigenvalue weighted by Crippen LogP contribution is -2.05. The number of nitrogens with zero attached hydrogens (tertiary/aromatic N) is 1. The topological polar surface area (TPSA) is 63.0 Å². The van der Waals surface area contributed by atoms with Gasteiger partial charge in [-0.3, -0.25) is 0 Å². The molecule has 0 saturated carbocycles. The molecule has 1 heterocycles. The van der Waals surface area contributed by atoms with Gasteiger partial charge in [0.1, 0.15) is 11.5 Å². The van der Waals surface area contributed by atoms with Crippen LogP contribution in [-0.2, 0) is 6.42 Å². The Morgan fingerprint density at radius 3 is 2.91 bits per heavy atom. The standard InChI is InChI=1S/C8H10N2O/c1-2-6-3-4-8(11-6)7(10)5-9/h3-4,7H,2,10H2,1H3/t7-/m1/s1. The smallest absolute Gasteiger partial charge is 0.151 e. The van der Waals surface area contributed by atoms with Crippen LogP contribution in [0.3, 0.4) is 0 Å². The van der Waals surface area contributed by atoms with Gasteiger partial charge in [0.15, 0.2) is 6.04 Å². The van der Waals surface area contributed by atoms with Gasteiger partial charge in [-0.1, -0.05) is 6.92 Å². The van der Waals surface area contributed by atoms with Crippen LogP contribution in [0.25, 0.3) is 0 Å². The van der Waals surface area contributed by atoms with Crippen LogP contribution in [0.5, 0.6) is 0 Å². The predicted molar refractivity (Wildman–Crippen MR) is 40.6 cm³/mol. The highest BCUT2D eigenvalue weighted by molar-refractivity contribution is 5.15. The zero-order chi connectivity index (χ0) is 8.27. The van der Waals surface area contributed by atoms with Crippen molar-refractivity contribution in [3.63, 3.8) is 0 Å². The van der Waals surface area contributed by atoms with E-state index in [2.05, 4.69) is 0 Å². The molecular weight excluding hydrogens is 140 g/mol. The Morgan fingerprint density at radius 2 is 2.45 bits per heavy atom. The van der Waals surface area contributed by atoms with Crippen LogP contribution in [0.4, 0.5) is 0 Å². The van der Waals surface area contributed by atoms with Crippen LogP contribution in [-0.4, -0.2) is 0 Å². The zero-order valence-corrected chi connectivity index (χ0v) is 6.37. The Kier molecular flexibility index (Phi) is 2.29. The summed E-state index contributed by atoms with van der Waals surface area (Å²) in [4.78, 5) is 0. The molecule has 0 radical (unpaired) electrons. The van der Waals surface area contributed by atoms with Crippen molar-refractivity contribution in [2.75, 3.05) is 0 Å². The van der Waals surface area contributed by atoms with Gasteiger partial charge >= 0.3 is 0 Å². The van der Waals surface area contributed by atoms with E-state index >= 15 is 0 Å². The van der Waals surface area contributed by atoms with Gasteiger partial charge in [-0.15, -0.1) is 0 Å². The molecule has 0 bridgehead atoms. The first-order valence-corrected chi connectivity index (χ1v) is 3.51. The van der Waals surface area contributed by atoms with E-state index in [-0.39, 0.29) is 0 Å². The molecule has 1 aromatic heterocycles. The first-order valence-electron chi connectivity index (χ1n) is 3.51. The van der Waals surface area contributed by atoms with Gasteiger partial charge < -0.3 is 10.2 Å². The molecule has 0 aromatic carbocycles. The summed E-state index contributed by atoms with van der Waals surface area (Å²) in [6.45, 7) is 1.99. The summed E-state index contributed by atoms with van der Waals surface area (Å²) in [6, 6.07) is 4.86. The molecular formula is C8H10N2O.